The lowest BCUT2D eigenvalue weighted by molar-refractivity contribution is -0.172. The maximum atomic E-state index is 13.0. The predicted octanol–water partition coefficient (Wildman–Crippen LogP) is 3.12. The van der Waals surface area contributed by atoms with Gasteiger partial charge in [-0.15, -0.1) is 0 Å². The molecule has 2 heterocycles. The molecule has 0 aromatic carbocycles. The molecule has 2 saturated heterocycles. The largest absolute Gasteiger partial charge is 0.469 e. The molecule has 3 saturated carbocycles. The smallest absolute Gasteiger partial charge is 0.309 e. The van der Waals surface area contributed by atoms with E-state index in [1.165, 1.54) is 7.11 Å². The number of esters is 2. The normalized spacial score (nSPS) is 53.2. The van der Waals surface area contributed by atoms with Crippen molar-refractivity contribution in [3.05, 3.63) is 11.6 Å². The standard InChI is InChI=1S/C24H30O6/c1-21-7-4-14(25)10-13(21)11-15(20(27)28-3)19-16-5-8-23(9-6-18(26)30-23)22(16,2)12-17-24(19,21)29-17/h10,15-17,19H,4-9,11-12H2,1-3H3/t15-,16?,17?,19?,21+,22+,23?,24-/m1/s1. The number of hydrogen-bond donors (Lipinski definition) is 0. The average molecular weight is 414 g/mol. The third kappa shape index (κ3) is 1.94. The van der Waals surface area contributed by atoms with Crippen molar-refractivity contribution < 1.29 is 28.6 Å². The molecule has 6 heteroatoms. The Morgan fingerprint density at radius 3 is 2.67 bits per heavy atom. The number of rotatable bonds is 1. The fraction of sp³-hybridized carbons (Fsp3) is 0.792. The summed E-state index contributed by atoms with van der Waals surface area (Å²) in [6, 6.07) is 0. The van der Waals surface area contributed by atoms with Crippen LogP contribution in [0.25, 0.3) is 0 Å². The fourth-order valence-corrected chi connectivity index (χ4v) is 8.69. The minimum absolute atomic E-state index is 0.0303. The Morgan fingerprint density at radius 1 is 1.17 bits per heavy atom. The molecule has 4 aliphatic carbocycles. The number of fused-ring (bicyclic) bond motifs is 4. The van der Waals surface area contributed by atoms with Crippen LogP contribution in [0.15, 0.2) is 11.6 Å². The Kier molecular flexibility index (Phi) is 3.53. The van der Waals surface area contributed by atoms with Gasteiger partial charge in [-0.3, -0.25) is 14.4 Å². The second kappa shape index (κ2) is 5.56. The molecule has 0 amide bonds. The number of carbonyl (C=O) groups excluding carboxylic acids is 3. The van der Waals surface area contributed by atoms with Gasteiger partial charge in [0.15, 0.2) is 5.78 Å². The van der Waals surface area contributed by atoms with Crippen LogP contribution in [0.2, 0.25) is 0 Å². The van der Waals surface area contributed by atoms with Crippen LogP contribution in [0.5, 0.6) is 0 Å². The number of methoxy groups -OCH3 is 1. The highest BCUT2D eigenvalue weighted by molar-refractivity contribution is 5.92. The molecule has 2 spiro atoms. The summed E-state index contributed by atoms with van der Waals surface area (Å²) in [5.74, 6) is -0.201. The van der Waals surface area contributed by atoms with Crippen LogP contribution in [0.1, 0.15) is 65.2 Å². The lowest BCUT2D eigenvalue weighted by Crippen LogP contribution is -2.63. The molecule has 0 aromatic heterocycles. The fourth-order valence-electron chi connectivity index (χ4n) is 8.69. The quantitative estimate of drug-likeness (QED) is 0.484. The Bertz CT molecular complexity index is 907. The first-order chi connectivity index (χ1) is 14.2. The third-order valence-electron chi connectivity index (χ3n) is 10.2. The summed E-state index contributed by atoms with van der Waals surface area (Å²) in [4.78, 5) is 37.4. The minimum atomic E-state index is -0.424. The zero-order valence-corrected chi connectivity index (χ0v) is 18.0. The minimum Gasteiger partial charge on any atom is -0.469 e. The van der Waals surface area contributed by atoms with Crippen molar-refractivity contribution >= 4 is 17.7 Å². The van der Waals surface area contributed by atoms with E-state index in [-0.39, 0.29) is 52.4 Å². The molecule has 162 valence electrons. The van der Waals surface area contributed by atoms with Gasteiger partial charge in [0, 0.05) is 29.6 Å². The molecule has 5 fully saturated rings. The summed E-state index contributed by atoms with van der Waals surface area (Å²) in [5, 5.41) is 0. The Balaban J connectivity index is 1.49. The van der Waals surface area contributed by atoms with E-state index in [0.717, 1.165) is 37.7 Å². The van der Waals surface area contributed by atoms with Gasteiger partial charge in [-0.1, -0.05) is 19.4 Å². The van der Waals surface area contributed by atoms with Crippen molar-refractivity contribution in [3.8, 4) is 0 Å². The number of ketones is 1. The van der Waals surface area contributed by atoms with Crippen LogP contribution in [0.3, 0.4) is 0 Å². The second-order valence-corrected chi connectivity index (χ2v) is 11.0. The van der Waals surface area contributed by atoms with E-state index >= 15 is 0 Å². The first kappa shape index (κ1) is 19.0. The molecule has 0 radical (unpaired) electrons. The van der Waals surface area contributed by atoms with Crippen molar-refractivity contribution in [2.24, 2.45) is 28.6 Å². The summed E-state index contributed by atoms with van der Waals surface area (Å²) in [6.07, 6.45) is 7.61. The SMILES string of the molecule is COC(=O)[C@@H]1CC2=CC(=O)CC[C@]2(C)[C@@]23OC2C[C@@]2(C)C(CCC24CCC(=O)O4)C13. The highest BCUT2D eigenvalue weighted by atomic mass is 16.6. The molecular weight excluding hydrogens is 384 g/mol. The van der Waals surface area contributed by atoms with Crippen molar-refractivity contribution in [1.82, 2.24) is 0 Å². The molecule has 0 aromatic rings. The van der Waals surface area contributed by atoms with Crippen LogP contribution < -0.4 is 0 Å². The van der Waals surface area contributed by atoms with Crippen molar-refractivity contribution in [2.75, 3.05) is 7.11 Å². The van der Waals surface area contributed by atoms with Gasteiger partial charge in [0.05, 0.1) is 19.1 Å². The number of epoxide rings is 1. The van der Waals surface area contributed by atoms with Gasteiger partial charge in [-0.05, 0) is 50.5 Å². The zero-order valence-electron chi connectivity index (χ0n) is 18.0. The van der Waals surface area contributed by atoms with Gasteiger partial charge in [-0.25, -0.2) is 0 Å². The summed E-state index contributed by atoms with van der Waals surface area (Å²) in [6.45, 7) is 4.51. The Labute approximate surface area is 176 Å². The number of ether oxygens (including phenoxy) is 3. The van der Waals surface area contributed by atoms with Crippen LogP contribution in [-0.4, -0.2) is 42.1 Å². The lowest BCUT2D eigenvalue weighted by atomic mass is 9.43. The van der Waals surface area contributed by atoms with E-state index in [1.54, 1.807) is 6.08 Å². The molecule has 0 N–H and O–H groups in total. The van der Waals surface area contributed by atoms with Crippen molar-refractivity contribution in [2.45, 2.75) is 82.5 Å². The molecule has 4 unspecified atom stereocenters. The maximum absolute atomic E-state index is 13.0. The molecule has 0 bridgehead atoms. The Morgan fingerprint density at radius 2 is 1.97 bits per heavy atom. The summed E-state index contributed by atoms with van der Waals surface area (Å²) >= 11 is 0. The van der Waals surface area contributed by atoms with Gasteiger partial charge in [0.25, 0.3) is 0 Å². The zero-order chi connectivity index (χ0) is 21.1. The molecule has 30 heavy (non-hydrogen) atoms. The maximum Gasteiger partial charge on any atom is 0.309 e. The second-order valence-electron chi connectivity index (χ2n) is 11.0. The van der Waals surface area contributed by atoms with E-state index in [9.17, 15) is 14.4 Å². The van der Waals surface area contributed by atoms with Gasteiger partial charge in [0.2, 0.25) is 0 Å². The van der Waals surface area contributed by atoms with E-state index < -0.39 is 11.2 Å². The molecule has 6 aliphatic rings. The van der Waals surface area contributed by atoms with Crippen molar-refractivity contribution in [1.29, 1.82) is 0 Å². The average Bonchev–Trinajstić information content (AvgIpc) is 3.20. The summed E-state index contributed by atoms with van der Waals surface area (Å²) in [5.41, 5.74) is -0.175. The van der Waals surface area contributed by atoms with Gasteiger partial charge < -0.3 is 14.2 Å². The molecule has 2 aliphatic heterocycles. The monoisotopic (exact) mass is 414 g/mol. The first-order valence-corrected chi connectivity index (χ1v) is 11.4. The molecular formula is C24H30O6. The van der Waals surface area contributed by atoms with E-state index in [0.29, 0.717) is 19.3 Å². The highest BCUT2D eigenvalue weighted by Crippen LogP contribution is 2.78. The predicted molar refractivity (Wildman–Crippen MR) is 105 cm³/mol. The van der Waals surface area contributed by atoms with Gasteiger partial charge >= 0.3 is 11.9 Å². The van der Waals surface area contributed by atoms with E-state index in [2.05, 4.69) is 13.8 Å². The highest BCUT2D eigenvalue weighted by Gasteiger charge is 2.83. The van der Waals surface area contributed by atoms with Crippen LogP contribution in [-0.2, 0) is 28.6 Å². The molecule has 6 rings (SSSR count). The Hall–Kier alpha value is -1.69. The lowest BCUT2D eigenvalue weighted by Gasteiger charge is -2.58. The van der Waals surface area contributed by atoms with E-state index in [4.69, 9.17) is 14.2 Å². The first-order valence-electron chi connectivity index (χ1n) is 11.4. The van der Waals surface area contributed by atoms with E-state index in [1.807, 2.05) is 0 Å². The van der Waals surface area contributed by atoms with Gasteiger partial charge in [0.1, 0.15) is 11.2 Å². The van der Waals surface area contributed by atoms with Crippen molar-refractivity contribution in [3.63, 3.8) is 0 Å². The van der Waals surface area contributed by atoms with Crippen LogP contribution >= 0.6 is 0 Å². The topological polar surface area (TPSA) is 82.2 Å². The molecule has 6 nitrogen and oxygen atoms in total. The number of hydrogen-bond acceptors (Lipinski definition) is 6. The number of carbonyl (C=O) groups is 3. The summed E-state index contributed by atoms with van der Waals surface area (Å²) < 4.78 is 17.9. The van der Waals surface area contributed by atoms with Crippen LogP contribution in [0.4, 0.5) is 0 Å². The van der Waals surface area contributed by atoms with Crippen LogP contribution in [0, 0.1) is 28.6 Å². The van der Waals surface area contributed by atoms with Gasteiger partial charge in [-0.2, -0.15) is 0 Å². The summed E-state index contributed by atoms with van der Waals surface area (Å²) in [7, 11) is 1.45. The molecule has 8 atom stereocenters. The third-order valence-corrected chi connectivity index (χ3v) is 10.2.